The summed E-state index contributed by atoms with van der Waals surface area (Å²) < 4.78 is 23.4. The van der Waals surface area contributed by atoms with Crippen molar-refractivity contribution in [2.24, 2.45) is 0 Å². The van der Waals surface area contributed by atoms with E-state index in [1.165, 1.54) is 19.1 Å². The number of pyridine rings is 1. The molecule has 1 aromatic heterocycles. The van der Waals surface area contributed by atoms with Crippen molar-refractivity contribution in [3.05, 3.63) is 18.3 Å². The molecule has 0 aromatic carbocycles. The van der Waals surface area contributed by atoms with Gasteiger partial charge in [-0.1, -0.05) is 12.8 Å². The molecule has 2 rings (SSSR count). The summed E-state index contributed by atoms with van der Waals surface area (Å²) in [5, 5.41) is 0. The van der Waals surface area contributed by atoms with Crippen LogP contribution in [0.3, 0.4) is 0 Å². The number of hydrogen-bond donors (Lipinski definition) is 0. The molecule has 1 aromatic rings. The van der Waals surface area contributed by atoms with Gasteiger partial charge in [-0.2, -0.15) is 0 Å². The summed E-state index contributed by atoms with van der Waals surface area (Å²) >= 11 is 0. The van der Waals surface area contributed by atoms with Crippen LogP contribution in [-0.2, 0) is 9.84 Å². The van der Waals surface area contributed by atoms with Gasteiger partial charge >= 0.3 is 0 Å². The minimum absolute atomic E-state index is 0.349. The van der Waals surface area contributed by atoms with Gasteiger partial charge in [-0.15, -0.1) is 0 Å². The van der Waals surface area contributed by atoms with Crippen molar-refractivity contribution in [3.8, 4) is 0 Å². The Kier molecular flexibility index (Phi) is 3.66. The average molecular weight is 254 g/mol. The standard InChI is InChI=1S/C12H18N2O2S/c1-17(15,16)11-7-6-8-13-12(11)14-9-4-2-3-5-10-14/h6-8H,2-5,9-10H2,1H3. The number of nitrogens with zero attached hydrogens (tertiary/aromatic N) is 2. The zero-order valence-corrected chi connectivity index (χ0v) is 10.9. The summed E-state index contributed by atoms with van der Waals surface area (Å²) in [6.45, 7) is 1.80. The van der Waals surface area contributed by atoms with Crippen LogP contribution in [-0.4, -0.2) is 32.7 Å². The maximum atomic E-state index is 11.7. The monoisotopic (exact) mass is 254 g/mol. The van der Waals surface area contributed by atoms with Crippen LogP contribution < -0.4 is 4.90 Å². The van der Waals surface area contributed by atoms with Crippen molar-refractivity contribution in [2.45, 2.75) is 30.6 Å². The highest BCUT2D eigenvalue weighted by atomic mass is 32.2. The lowest BCUT2D eigenvalue weighted by atomic mass is 10.2. The average Bonchev–Trinajstić information content (AvgIpc) is 2.56. The highest BCUT2D eigenvalue weighted by Crippen LogP contribution is 2.24. The quantitative estimate of drug-likeness (QED) is 0.808. The van der Waals surface area contributed by atoms with Crippen molar-refractivity contribution in [3.63, 3.8) is 0 Å². The number of aromatic nitrogens is 1. The van der Waals surface area contributed by atoms with Crippen LogP contribution in [0.2, 0.25) is 0 Å². The van der Waals surface area contributed by atoms with Gasteiger partial charge in [-0.3, -0.25) is 0 Å². The van der Waals surface area contributed by atoms with E-state index in [0.717, 1.165) is 25.9 Å². The predicted octanol–water partition coefficient (Wildman–Crippen LogP) is 1.87. The number of rotatable bonds is 2. The third-order valence-electron chi connectivity index (χ3n) is 3.06. The molecule has 0 N–H and O–H groups in total. The molecule has 4 nitrogen and oxygen atoms in total. The first kappa shape index (κ1) is 12.4. The Bertz CT molecular complexity index is 477. The molecule has 1 aliphatic rings. The normalized spacial score (nSPS) is 17.8. The Morgan fingerprint density at radius 2 is 1.82 bits per heavy atom. The van der Waals surface area contributed by atoms with Gasteiger partial charge < -0.3 is 4.90 Å². The van der Waals surface area contributed by atoms with Crippen molar-refractivity contribution >= 4 is 15.7 Å². The third kappa shape index (κ3) is 2.97. The van der Waals surface area contributed by atoms with Gasteiger partial charge in [0.1, 0.15) is 10.7 Å². The van der Waals surface area contributed by atoms with E-state index in [2.05, 4.69) is 9.88 Å². The van der Waals surface area contributed by atoms with Gasteiger partial charge in [0.2, 0.25) is 0 Å². The van der Waals surface area contributed by atoms with Crippen molar-refractivity contribution < 1.29 is 8.42 Å². The third-order valence-corrected chi connectivity index (χ3v) is 4.17. The Hall–Kier alpha value is -1.10. The van der Waals surface area contributed by atoms with Gasteiger partial charge in [0.25, 0.3) is 0 Å². The lowest BCUT2D eigenvalue weighted by Crippen LogP contribution is -2.26. The van der Waals surface area contributed by atoms with E-state index < -0.39 is 9.84 Å². The second-order valence-electron chi connectivity index (χ2n) is 4.50. The van der Waals surface area contributed by atoms with Crippen LogP contribution in [0, 0.1) is 0 Å². The zero-order chi connectivity index (χ0) is 12.3. The second kappa shape index (κ2) is 5.04. The molecule has 0 radical (unpaired) electrons. The van der Waals surface area contributed by atoms with Crippen molar-refractivity contribution in [1.29, 1.82) is 0 Å². The molecule has 94 valence electrons. The maximum absolute atomic E-state index is 11.7. The zero-order valence-electron chi connectivity index (χ0n) is 10.1. The van der Waals surface area contributed by atoms with E-state index >= 15 is 0 Å². The lowest BCUT2D eigenvalue weighted by Gasteiger charge is -2.23. The van der Waals surface area contributed by atoms with E-state index in [4.69, 9.17) is 0 Å². The summed E-state index contributed by atoms with van der Waals surface area (Å²) in [7, 11) is -3.20. The summed E-state index contributed by atoms with van der Waals surface area (Å²) in [5.41, 5.74) is 0. The van der Waals surface area contributed by atoms with Crippen LogP contribution in [0.5, 0.6) is 0 Å². The van der Waals surface area contributed by atoms with Gasteiger partial charge in [-0.25, -0.2) is 13.4 Å². The molecular weight excluding hydrogens is 236 g/mol. The van der Waals surface area contributed by atoms with Crippen LogP contribution in [0.1, 0.15) is 25.7 Å². The lowest BCUT2D eigenvalue weighted by molar-refractivity contribution is 0.600. The molecule has 0 spiro atoms. The van der Waals surface area contributed by atoms with E-state index in [1.54, 1.807) is 18.3 Å². The summed E-state index contributed by atoms with van der Waals surface area (Å²) in [5.74, 6) is 0.622. The summed E-state index contributed by atoms with van der Waals surface area (Å²) in [6, 6.07) is 3.32. The minimum atomic E-state index is -3.20. The molecule has 0 bridgehead atoms. The Morgan fingerprint density at radius 1 is 1.18 bits per heavy atom. The highest BCUT2D eigenvalue weighted by Gasteiger charge is 2.19. The van der Waals surface area contributed by atoms with Crippen LogP contribution in [0.15, 0.2) is 23.2 Å². The molecule has 1 aliphatic heterocycles. The van der Waals surface area contributed by atoms with E-state index in [9.17, 15) is 8.42 Å². The van der Waals surface area contributed by atoms with Gasteiger partial charge in [-0.05, 0) is 25.0 Å². The molecule has 0 atom stereocenters. The second-order valence-corrected chi connectivity index (χ2v) is 6.48. The Morgan fingerprint density at radius 3 is 2.41 bits per heavy atom. The smallest absolute Gasteiger partial charge is 0.179 e. The first-order valence-corrected chi connectivity index (χ1v) is 7.88. The fourth-order valence-electron chi connectivity index (χ4n) is 2.19. The number of hydrogen-bond acceptors (Lipinski definition) is 4. The van der Waals surface area contributed by atoms with Crippen molar-refractivity contribution in [2.75, 3.05) is 24.2 Å². The summed E-state index contributed by atoms with van der Waals surface area (Å²) in [4.78, 5) is 6.71. The highest BCUT2D eigenvalue weighted by molar-refractivity contribution is 7.90. The maximum Gasteiger partial charge on any atom is 0.179 e. The van der Waals surface area contributed by atoms with Crippen LogP contribution in [0.4, 0.5) is 5.82 Å². The molecule has 17 heavy (non-hydrogen) atoms. The van der Waals surface area contributed by atoms with Crippen LogP contribution in [0.25, 0.3) is 0 Å². The minimum Gasteiger partial charge on any atom is -0.356 e. The van der Waals surface area contributed by atoms with Gasteiger partial charge in [0.05, 0.1) is 0 Å². The van der Waals surface area contributed by atoms with Gasteiger partial charge in [0.15, 0.2) is 9.84 Å². The van der Waals surface area contributed by atoms with Crippen LogP contribution >= 0.6 is 0 Å². The first-order chi connectivity index (χ1) is 8.09. The molecule has 0 aliphatic carbocycles. The Balaban J connectivity index is 2.37. The molecule has 1 fully saturated rings. The molecule has 0 saturated carbocycles. The van der Waals surface area contributed by atoms with Crippen molar-refractivity contribution in [1.82, 2.24) is 4.98 Å². The van der Waals surface area contributed by atoms with E-state index in [0.29, 0.717) is 10.7 Å². The molecule has 0 amide bonds. The van der Waals surface area contributed by atoms with E-state index in [1.807, 2.05) is 0 Å². The molecule has 0 unspecified atom stereocenters. The molecule has 1 saturated heterocycles. The fourth-order valence-corrected chi connectivity index (χ4v) is 3.03. The topological polar surface area (TPSA) is 50.3 Å². The summed E-state index contributed by atoms with van der Waals surface area (Å²) in [6.07, 6.45) is 7.56. The number of sulfone groups is 1. The fraction of sp³-hybridized carbons (Fsp3) is 0.583. The molecule has 2 heterocycles. The molecular formula is C12H18N2O2S. The van der Waals surface area contributed by atoms with Gasteiger partial charge in [0, 0.05) is 25.5 Å². The Labute approximate surface area is 103 Å². The SMILES string of the molecule is CS(=O)(=O)c1cccnc1N1CCCCCC1. The van der Waals surface area contributed by atoms with E-state index in [-0.39, 0.29) is 0 Å². The first-order valence-electron chi connectivity index (χ1n) is 5.99. The number of anilines is 1. The molecule has 5 heteroatoms. The largest absolute Gasteiger partial charge is 0.356 e. The predicted molar refractivity (Wildman–Crippen MR) is 68.0 cm³/mol.